The number of hydrogen-bond donors (Lipinski definition) is 1. The van der Waals surface area contributed by atoms with Crippen LogP contribution in [0.1, 0.15) is 30.2 Å². The van der Waals surface area contributed by atoms with Crippen molar-refractivity contribution >= 4 is 15.9 Å². The zero-order valence-electron chi connectivity index (χ0n) is 15.7. The Morgan fingerprint density at radius 3 is 2.30 bits per heavy atom. The average molecular weight is 392 g/mol. The molecule has 0 heterocycles. The van der Waals surface area contributed by atoms with Gasteiger partial charge in [-0.3, -0.25) is 4.79 Å². The normalized spacial score (nSPS) is 13.7. The molecule has 0 saturated carbocycles. The van der Waals surface area contributed by atoms with Crippen molar-refractivity contribution in [1.82, 2.24) is 4.90 Å². The molecule has 0 bridgehead atoms. The molecule has 0 spiro atoms. The summed E-state index contributed by atoms with van der Waals surface area (Å²) in [4.78, 5) is 14.5. The molecule has 0 aliphatic rings. The second-order valence-electron chi connectivity index (χ2n) is 6.13. The number of nitrogens with zero attached hydrogens (tertiary/aromatic N) is 1. The molecule has 8 heteroatoms. The summed E-state index contributed by atoms with van der Waals surface area (Å²) in [5.74, 6) is 0.359. The Kier molecular flexibility index (Phi) is 6.59. The molecule has 2 atom stereocenters. The maximum absolute atomic E-state index is 13.0. The lowest BCUT2D eigenvalue weighted by Crippen LogP contribution is -2.34. The summed E-state index contributed by atoms with van der Waals surface area (Å²) in [5, 5.41) is 5.19. The molecule has 2 N–H and O–H groups in total. The highest BCUT2D eigenvalue weighted by Gasteiger charge is 2.27. The Balaban J connectivity index is 2.29. The summed E-state index contributed by atoms with van der Waals surface area (Å²) in [6, 6.07) is 12.9. The van der Waals surface area contributed by atoms with Crippen molar-refractivity contribution in [2.75, 3.05) is 21.3 Å². The van der Waals surface area contributed by atoms with E-state index < -0.39 is 16.1 Å². The summed E-state index contributed by atoms with van der Waals surface area (Å²) in [6.45, 7) is 1.80. The number of ether oxygens (including phenoxy) is 2. The summed E-state index contributed by atoms with van der Waals surface area (Å²) >= 11 is 0. The van der Waals surface area contributed by atoms with Crippen LogP contribution >= 0.6 is 0 Å². The molecule has 0 aromatic heterocycles. The quantitative estimate of drug-likeness (QED) is 0.779. The van der Waals surface area contributed by atoms with Crippen LogP contribution in [0.3, 0.4) is 0 Å². The first-order valence-electron chi connectivity index (χ1n) is 8.25. The number of sulfonamides is 1. The Labute approximate surface area is 159 Å². The molecule has 27 heavy (non-hydrogen) atoms. The number of carbonyl (C=O) groups excluding carboxylic acids is 1. The number of likely N-dealkylation sites (N-methyl/N-ethyl adjacent to an activating group) is 1. The molecule has 146 valence electrons. The second-order valence-corrected chi connectivity index (χ2v) is 7.70. The van der Waals surface area contributed by atoms with E-state index in [0.717, 1.165) is 0 Å². The fraction of sp³-hybridized carbons (Fsp3) is 0.316. The molecule has 0 radical (unpaired) electrons. The summed E-state index contributed by atoms with van der Waals surface area (Å²) in [6.07, 6.45) is -0.811. The number of nitrogens with two attached hydrogens (primary N) is 1. The van der Waals surface area contributed by atoms with Crippen LogP contribution in [0.15, 0.2) is 53.4 Å². The molecule has 2 unspecified atom stereocenters. The van der Waals surface area contributed by atoms with Crippen molar-refractivity contribution < 1.29 is 22.7 Å². The minimum absolute atomic E-state index is 0.00351. The van der Waals surface area contributed by atoms with E-state index in [1.54, 1.807) is 57.5 Å². The number of primary sulfonamides is 1. The van der Waals surface area contributed by atoms with Crippen LogP contribution in [0.25, 0.3) is 0 Å². The summed E-state index contributed by atoms with van der Waals surface area (Å²) in [7, 11) is 0.835. The largest absolute Gasteiger partial charge is 0.497 e. The second kappa shape index (κ2) is 8.51. The van der Waals surface area contributed by atoms with Gasteiger partial charge in [0.2, 0.25) is 10.0 Å². The Morgan fingerprint density at radius 2 is 1.70 bits per heavy atom. The predicted octanol–water partition coefficient (Wildman–Crippen LogP) is 2.25. The Hall–Kier alpha value is -2.42. The highest BCUT2D eigenvalue weighted by Crippen LogP contribution is 2.28. The van der Waals surface area contributed by atoms with Gasteiger partial charge in [0.05, 0.1) is 18.0 Å². The molecule has 2 aromatic carbocycles. The van der Waals surface area contributed by atoms with E-state index in [9.17, 15) is 13.2 Å². The molecular formula is C19H24N2O5S. The maximum atomic E-state index is 13.0. The minimum Gasteiger partial charge on any atom is -0.497 e. The van der Waals surface area contributed by atoms with E-state index in [0.29, 0.717) is 16.9 Å². The lowest BCUT2D eigenvalue weighted by Gasteiger charge is -2.29. The van der Waals surface area contributed by atoms with Gasteiger partial charge in [0.25, 0.3) is 5.91 Å². The van der Waals surface area contributed by atoms with E-state index in [1.165, 1.54) is 24.1 Å². The maximum Gasteiger partial charge on any atom is 0.256 e. The van der Waals surface area contributed by atoms with Crippen molar-refractivity contribution in [2.24, 2.45) is 5.14 Å². The van der Waals surface area contributed by atoms with Gasteiger partial charge in [0.15, 0.2) is 6.10 Å². The van der Waals surface area contributed by atoms with Gasteiger partial charge in [-0.05, 0) is 42.3 Å². The molecule has 1 amide bonds. The van der Waals surface area contributed by atoms with E-state index in [4.69, 9.17) is 14.6 Å². The lowest BCUT2D eigenvalue weighted by molar-refractivity contribution is -0.143. The Morgan fingerprint density at radius 1 is 1.07 bits per heavy atom. The first-order chi connectivity index (χ1) is 12.7. The predicted molar refractivity (Wildman–Crippen MR) is 102 cm³/mol. The number of amides is 1. The van der Waals surface area contributed by atoms with Gasteiger partial charge in [-0.15, -0.1) is 0 Å². The fourth-order valence-corrected chi connectivity index (χ4v) is 3.30. The lowest BCUT2D eigenvalue weighted by atomic mass is 10.0. The van der Waals surface area contributed by atoms with Crippen LogP contribution in [0.5, 0.6) is 5.75 Å². The van der Waals surface area contributed by atoms with Gasteiger partial charge in [0.1, 0.15) is 5.75 Å². The number of hydrogen-bond acceptors (Lipinski definition) is 5. The molecule has 0 fully saturated rings. The van der Waals surface area contributed by atoms with Crippen LogP contribution in [-0.4, -0.2) is 40.5 Å². The molecule has 0 aliphatic heterocycles. The fourth-order valence-electron chi connectivity index (χ4n) is 2.73. The number of benzene rings is 2. The monoisotopic (exact) mass is 392 g/mol. The molecule has 0 saturated heterocycles. The van der Waals surface area contributed by atoms with E-state index in [2.05, 4.69) is 0 Å². The van der Waals surface area contributed by atoms with Gasteiger partial charge in [-0.1, -0.05) is 24.3 Å². The van der Waals surface area contributed by atoms with Crippen molar-refractivity contribution in [3.8, 4) is 5.75 Å². The van der Waals surface area contributed by atoms with Crippen molar-refractivity contribution in [2.45, 2.75) is 24.0 Å². The van der Waals surface area contributed by atoms with Crippen LogP contribution in [0, 0.1) is 0 Å². The Bertz CT molecular complexity index is 914. The van der Waals surface area contributed by atoms with Crippen molar-refractivity contribution in [1.29, 1.82) is 0 Å². The summed E-state index contributed by atoms with van der Waals surface area (Å²) < 4.78 is 33.8. The third-order valence-electron chi connectivity index (χ3n) is 4.45. The van der Waals surface area contributed by atoms with E-state index in [-0.39, 0.29) is 16.8 Å². The smallest absolute Gasteiger partial charge is 0.256 e. The standard InChI is InChI=1S/C19H24N2O5S/c1-13(14-7-6-10-17(12-14)27(20,23)24)21(2)19(22)18(26-4)15-8-5-9-16(11-15)25-3/h5-13,18H,1-4H3,(H2,20,23,24). The van der Waals surface area contributed by atoms with Gasteiger partial charge in [-0.2, -0.15) is 0 Å². The number of rotatable bonds is 7. The topological polar surface area (TPSA) is 98.9 Å². The minimum atomic E-state index is -3.82. The van der Waals surface area contributed by atoms with Gasteiger partial charge in [-0.25, -0.2) is 13.6 Å². The van der Waals surface area contributed by atoms with Crippen molar-refractivity contribution in [3.63, 3.8) is 0 Å². The molecular weight excluding hydrogens is 368 g/mol. The molecule has 2 rings (SSSR count). The molecule has 2 aromatic rings. The van der Waals surface area contributed by atoms with E-state index in [1.807, 2.05) is 0 Å². The zero-order chi connectivity index (χ0) is 20.2. The van der Waals surface area contributed by atoms with E-state index >= 15 is 0 Å². The van der Waals surface area contributed by atoms with Crippen LogP contribution < -0.4 is 9.88 Å². The average Bonchev–Trinajstić information content (AvgIpc) is 2.67. The van der Waals surface area contributed by atoms with Gasteiger partial charge < -0.3 is 14.4 Å². The third kappa shape index (κ3) is 4.85. The first kappa shape index (κ1) is 20.9. The third-order valence-corrected chi connectivity index (χ3v) is 5.37. The van der Waals surface area contributed by atoms with Crippen molar-refractivity contribution in [3.05, 3.63) is 59.7 Å². The molecule has 0 aliphatic carbocycles. The molecule has 7 nitrogen and oxygen atoms in total. The van der Waals surface area contributed by atoms with Crippen LogP contribution in [-0.2, 0) is 19.6 Å². The number of carbonyl (C=O) groups is 1. The van der Waals surface area contributed by atoms with Gasteiger partial charge in [0, 0.05) is 14.2 Å². The highest BCUT2D eigenvalue weighted by atomic mass is 32.2. The van der Waals surface area contributed by atoms with Crippen LogP contribution in [0.4, 0.5) is 0 Å². The SMILES string of the molecule is COc1cccc(C(OC)C(=O)N(C)C(C)c2cccc(S(N)(=O)=O)c2)c1. The van der Waals surface area contributed by atoms with Gasteiger partial charge >= 0.3 is 0 Å². The number of methoxy groups -OCH3 is 2. The first-order valence-corrected chi connectivity index (χ1v) is 9.80. The van der Waals surface area contributed by atoms with Crippen LogP contribution in [0.2, 0.25) is 0 Å². The summed E-state index contributed by atoms with van der Waals surface area (Å²) in [5.41, 5.74) is 1.32. The highest BCUT2D eigenvalue weighted by molar-refractivity contribution is 7.89. The zero-order valence-corrected chi connectivity index (χ0v) is 16.6.